The number of benzene rings is 2. The number of hydrogen-bond donors (Lipinski definition) is 1. The summed E-state index contributed by atoms with van der Waals surface area (Å²) < 4.78 is 23.4. The maximum atomic E-state index is 12.8. The monoisotopic (exact) mass is 499 g/mol. The number of ether oxygens (including phenoxy) is 2. The first-order valence-electron chi connectivity index (χ1n) is 10.5. The van der Waals surface area contributed by atoms with Gasteiger partial charge in [0.2, 0.25) is 5.91 Å². The number of nitro groups is 1. The molecule has 2 aliphatic heterocycles. The van der Waals surface area contributed by atoms with Gasteiger partial charge in [0.1, 0.15) is 23.8 Å². The number of fused-ring (bicyclic) bond motifs is 1. The Morgan fingerprint density at radius 2 is 1.86 bits per heavy atom. The summed E-state index contributed by atoms with van der Waals surface area (Å²) in [7, 11) is -1.57. The van der Waals surface area contributed by atoms with E-state index in [-0.39, 0.29) is 30.2 Å². The van der Waals surface area contributed by atoms with Crippen molar-refractivity contribution < 1.29 is 33.0 Å². The fourth-order valence-electron chi connectivity index (χ4n) is 3.82. The lowest BCUT2D eigenvalue weighted by atomic mass is 9.98. The normalized spacial score (nSPS) is 23.0. The Kier molecular flexibility index (Phi) is 6.92. The maximum absolute atomic E-state index is 12.8. The molecule has 1 N–H and O–H groups in total. The highest BCUT2D eigenvalue weighted by atomic mass is 32.2. The van der Waals surface area contributed by atoms with Gasteiger partial charge in [-0.2, -0.15) is 0 Å². The van der Waals surface area contributed by atoms with Gasteiger partial charge in [0, 0.05) is 17.9 Å². The third kappa shape index (κ3) is 5.06. The van der Waals surface area contributed by atoms with Gasteiger partial charge >= 0.3 is 5.97 Å². The molecule has 4 rings (SSSR count). The Morgan fingerprint density at radius 3 is 2.51 bits per heavy atom. The van der Waals surface area contributed by atoms with Gasteiger partial charge < -0.3 is 19.7 Å². The summed E-state index contributed by atoms with van der Waals surface area (Å²) in [6.45, 7) is 3.28. The summed E-state index contributed by atoms with van der Waals surface area (Å²) in [5.74, 6) is -1.45. The van der Waals surface area contributed by atoms with Crippen LogP contribution < -0.4 is 10.1 Å². The summed E-state index contributed by atoms with van der Waals surface area (Å²) >= 11 is 0. The van der Waals surface area contributed by atoms with Gasteiger partial charge in [0.25, 0.3) is 11.6 Å². The molecule has 2 amide bonds. The van der Waals surface area contributed by atoms with Crippen molar-refractivity contribution in [3.8, 4) is 5.75 Å². The van der Waals surface area contributed by atoms with Gasteiger partial charge in [-0.1, -0.05) is 24.8 Å². The zero-order valence-corrected chi connectivity index (χ0v) is 19.1. The highest BCUT2D eigenvalue weighted by molar-refractivity contribution is 7.86. The van der Waals surface area contributed by atoms with E-state index in [2.05, 4.69) is 11.9 Å². The highest BCUT2D eigenvalue weighted by Crippen LogP contribution is 2.34. The molecule has 0 saturated carbocycles. The smallest absolute Gasteiger partial charge is 0.333 e. The van der Waals surface area contributed by atoms with Crippen molar-refractivity contribution >= 4 is 34.3 Å². The molecule has 0 spiro atoms. The standard InChI is InChI=1S/C23H21N3O8S/c1-14-13-35(32)22-19(24-18(27)12-33-17-5-3-2-4-6-17)21(28)25(22)20(14)23(29)34-11-15-7-9-16(10-8-15)26(30)31/h2-10,19-20,22H,1,11-13H2,(H,24,27)/t19-,20+,22-,35-/m0/s1. The van der Waals surface area contributed by atoms with Crippen molar-refractivity contribution in [1.29, 1.82) is 0 Å². The second-order valence-electron chi connectivity index (χ2n) is 7.90. The van der Waals surface area contributed by atoms with E-state index in [1.165, 1.54) is 24.3 Å². The van der Waals surface area contributed by atoms with Crippen molar-refractivity contribution in [2.75, 3.05) is 12.4 Å². The molecule has 0 aliphatic carbocycles. The Labute approximate surface area is 202 Å². The molecular formula is C23H21N3O8S. The van der Waals surface area contributed by atoms with Crippen LogP contribution in [0.1, 0.15) is 5.56 Å². The Balaban J connectivity index is 1.36. The molecule has 2 aromatic carbocycles. The molecule has 12 heteroatoms. The highest BCUT2D eigenvalue weighted by Gasteiger charge is 2.59. The topological polar surface area (TPSA) is 145 Å². The molecule has 0 aromatic heterocycles. The van der Waals surface area contributed by atoms with Crippen LogP contribution in [-0.4, -0.2) is 61.6 Å². The number of para-hydroxylation sites is 1. The zero-order chi connectivity index (χ0) is 25.1. The van der Waals surface area contributed by atoms with E-state index < -0.39 is 51.0 Å². The van der Waals surface area contributed by atoms with Gasteiger partial charge in [0.05, 0.1) is 15.7 Å². The predicted octanol–water partition coefficient (Wildman–Crippen LogP) is 1.06. The number of β-lactam (4-membered cyclic amide) rings is 1. The summed E-state index contributed by atoms with van der Waals surface area (Å²) in [5, 5.41) is 12.4. The van der Waals surface area contributed by atoms with Crippen LogP contribution >= 0.6 is 0 Å². The molecule has 11 nitrogen and oxygen atoms in total. The van der Waals surface area contributed by atoms with Crippen LogP contribution in [0.4, 0.5) is 5.69 Å². The van der Waals surface area contributed by atoms with Crippen LogP contribution in [0.25, 0.3) is 0 Å². The Morgan fingerprint density at radius 1 is 1.17 bits per heavy atom. The lowest BCUT2D eigenvalue weighted by Gasteiger charge is -2.52. The lowest BCUT2D eigenvalue weighted by molar-refractivity contribution is -0.384. The minimum Gasteiger partial charge on any atom is -0.484 e. The number of hydrogen-bond acceptors (Lipinski definition) is 8. The van der Waals surface area contributed by atoms with E-state index in [0.29, 0.717) is 11.3 Å². The first-order valence-corrected chi connectivity index (χ1v) is 11.9. The van der Waals surface area contributed by atoms with Crippen LogP contribution in [0.15, 0.2) is 66.7 Å². The van der Waals surface area contributed by atoms with Crippen molar-refractivity contribution in [3.63, 3.8) is 0 Å². The number of esters is 1. The minimum absolute atomic E-state index is 0.0291. The fourth-order valence-corrected chi connectivity index (χ4v) is 5.49. The molecule has 2 fully saturated rings. The van der Waals surface area contributed by atoms with Crippen LogP contribution in [0.2, 0.25) is 0 Å². The molecule has 0 unspecified atom stereocenters. The fraction of sp³-hybridized carbons (Fsp3) is 0.261. The molecule has 2 heterocycles. The lowest BCUT2D eigenvalue weighted by Crippen LogP contribution is -2.77. The minimum atomic E-state index is -1.57. The third-order valence-corrected chi connectivity index (χ3v) is 7.22. The average Bonchev–Trinajstić information content (AvgIpc) is 2.85. The van der Waals surface area contributed by atoms with E-state index in [1.807, 2.05) is 0 Å². The summed E-state index contributed by atoms with van der Waals surface area (Å²) in [6.07, 6.45) is 0. The quantitative estimate of drug-likeness (QED) is 0.187. The van der Waals surface area contributed by atoms with Gasteiger partial charge in [-0.25, -0.2) is 4.79 Å². The number of rotatable bonds is 8. The van der Waals surface area contributed by atoms with Crippen molar-refractivity contribution in [1.82, 2.24) is 10.2 Å². The average molecular weight is 500 g/mol. The van der Waals surface area contributed by atoms with Gasteiger partial charge in [0.15, 0.2) is 12.6 Å². The number of nitro benzene ring substituents is 1. The summed E-state index contributed by atoms with van der Waals surface area (Å²) in [6, 6.07) is 11.9. The van der Waals surface area contributed by atoms with E-state index in [9.17, 15) is 28.7 Å². The van der Waals surface area contributed by atoms with E-state index in [0.717, 1.165) is 4.90 Å². The molecule has 2 aromatic rings. The molecule has 2 saturated heterocycles. The number of non-ortho nitro benzene ring substituents is 1. The third-order valence-electron chi connectivity index (χ3n) is 5.52. The van der Waals surface area contributed by atoms with Crippen LogP contribution in [0.5, 0.6) is 5.75 Å². The number of nitrogens with zero attached hydrogens (tertiary/aromatic N) is 2. The molecule has 4 atom stereocenters. The molecular weight excluding hydrogens is 478 g/mol. The Hall–Kier alpha value is -4.06. The largest absolute Gasteiger partial charge is 0.484 e. The van der Waals surface area contributed by atoms with E-state index in [1.54, 1.807) is 30.3 Å². The van der Waals surface area contributed by atoms with E-state index in [4.69, 9.17) is 9.47 Å². The second-order valence-corrected chi connectivity index (χ2v) is 9.43. The van der Waals surface area contributed by atoms with Crippen LogP contribution in [0.3, 0.4) is 0 Å². The van der Waals surface area contributed by atoms with Gasteiger partial charge in [-0.3, -0.25) is 23.9 Å². The first kappa shape index (κ1) is 24.1. The van der Waals surface area contributed by atoms with Gasteiger partial charge in [-0.15, -0.1) is 0 Å². The van der Waals surface area contributed by atoms with Crippen molar-refractivity contribution in [2.45, 2.75) is 24.1 Å². The van der Waals surface area contributed by atoms with Crippen LogP contribution in [-0.2, 0) is 36.5 Å². The number of amides is 2. The molecule has 35 heavy (non-hydrogen) atoms. The second kappa shape index (κ2) is 10.1. The molecule has 182 valence electrons. The van der Waals surface area contributed by atoms with Crippen molar-refractivity contribution in [3.05, 3.63) is 82.4 Å². The molecule has 0 radical (unpaired) electrons. The van der Waals surface area contributed by atoms with Crippen LogP contribution in [0, 0.1) is 10.1 Å². The molecule has 0 bridgehead atoms. The predicted molar refractivity (Wildman–Crippen MR) is 123 cm³/mol. The SMILES string of the molecule is C=C1C[S@](=O)[C@H]2[C@@H](NC(=O)COc3ccccc3)C(=O)N2[C@H]1C(=O)OCc1ccc([N+](=O)[O-])cc1. The summed E-state index contributed by atoms with van der Waals surface area (Å²) in [4.78, 5) is 49.2. The number of carbonyl (C=O) groups is 3. The zero-order valence-electron chi connectivity index (χ0n) is 18.3. The first-order chi connectivity index (χ1) is 16.8. The van der Waals surface area contributed by atoms with Crippen molar-refractivity contribution in [2.24, 2.45) is 0 Å². The Bertz CT molecular complexity index is 1200. The molecule has 2 aliphatic rings. The van der Waals surface area contributed by atoms with E-state index >= 15 is 0 Å². The number of nitrogens with one attached hydrogen (secondary N) is 1. The van der Waals surface area contributed by atoms with Gasteiger partial charge in [-0.05, 0) is 35.4 Å². The summed E-state index contributed by atoms with van der Waals surface area (Å²) in [5.41, 5.74) is 0.683. The maximum Gasteiger partial charge on any atom is 0.333 e. The number of carbonyl (C=O) groups excluding carboxylic acids is 3.